The first-order chi connectivity index (χ1) is 11.3. The normalized spacial score (nSPS) is 19.2. The van der Waals surface area contributed by atoms with Gasteiger partial charge in [0.25, 0.3) is 0 Å². The van der Waals surface area contributed by atoms with Crippen molar-refractivity contribution in [3.8, 4) is 0 Å². The van der Waals surface area contributed by atoms with Gasteiger partial charge in [-0.2, -0.15) is 13.2 Å². The van der Waals surface area contributed by atoms with Crippen LogP contribution in [0.25, 0.3) is 0 Å². The van der Waals surface area contributed by atoms with Crippen molar-refractivity contribution >= 4 is 11.9 Å². The molecule has 24 heavy (non-hydrogen) atoms. The first-order valence-corrected chi connectivity index (χ1v) is 7.60. The van der Waals surface area contributed by atoms with Gasteiger partial charge in [-0.25, -0.2) is 4.79 Å². The van der Waals surface area contributed by atoms with Crippen LogP contribution in [0.4, 0.5) is 18.0 Å². The first-order valence-electron chi connectivity index (χ1n) is 7.60. The number of halogens is 3. The van der Waals surface area contributed by atoms with Crippen molar-refractivity contribution < 1.29 is 22.8 Å². The second-order valence-corrected chi connectivity index (χ2v) is 5.65. The van der Waals surface area contributed by atoms with Crippen LogP contribution in [0.3, 0.4) is 0 Å². The van der Waals surface area contributed by atoms with Gasteiger partial charge in [0.2, 0.25) is 5.91 Å². The minimum absolute atomic E-state index is 0.129. The van der Waals surface area contributed by atoms with E-state index in [0.29, 0.717) is 11.3 Å². The summed E-state index contributed by atoms with van der Waals surface area (Å²) in [7, 11) is 0. The van der Waals surface area contributed by atoms with Gasteiger partial charge in [0.15, 0.2) is 0 Å². The Kier molecular flexibility index (Phi) is 5.63. The minimum Gasteiger partial charge on any atom is -0.333 e. The SMILES string of the molecule is CC[C@@H](NC(=O)N[C@@H]1CC(=O)N(CC(F)(F)F)C1)c1ccncc1. The number of amides is 3. The molecule has 1 aliphatic heterocycles. The van der Waals surface area contributed by atoms with Gasteiger partial charge in [0.1, 0.15) is 6.54 Å². The third-order valence-corrected chi connectivity index (χ3v) is 3.74. The van der Waals surface area contributed by atoms with Crippen LogP contribution in [0.15, 0.2) is 24.5 Å². The second kappa shape index (κ2) is 7.50. The van der Waals surface area contributed by atoms with Crippen LogP contribution in [0.5, 0.6) is 0 Å². The van der Waals surface area contributed by atoms with E-state index < -0.39 is 30.7 Å². The number of urea groups is 1. The van der Waals surface area contributed by atoms with Gasteiger partial charge in [-0.1, -0.05) is 6.92 Å². The van der Waals surface area contributed by atoms with Crippen molar-refractivity contribution in [1.82, 2.24) is 20.5 Å². The first kappa shape index (κ1) is 18.0. The Balaban J connectivity index is 1.87. The number of hydrogen-bond acceptors (Lipinski definition) is 3. The van der Waals surface area contributed by atoms with E-state index in [1.165, 1.54) is 0 Å². The number of nitrogens with one attached hydrogen (secondary N) is 2. The Hall–Kier alpha value is -2.32. The number of carbonyl (C=O) groups excluding carboxylic acids is 2. The molecule has 6 nitrogen and oxygen atoms in total. The van der Waals surface area contributed by atoms with Gasteiger partial charge >= 0.3 is 12.2 Å². The lowest BCUT2D eigenvalue weighted by Crippen LogP contribution is -2.45. The lowest BCUT2D eigenvalue weighted by molar-refractivity contribution is -0.157. The van der Waals surface area contributed by atoms with E-state index in [9.17, 15) is 22.8 Å². The highest BCUT2D eigenvalue weighted by molar-refractivity contribution is 5.81. The summed E-state index contributed by atoms with van der Waals surface area (Å²) < 4.78 is 37.1. The zero-order valence-corrected chi connectivity index (χ0v) is 13.1. The number of pyridine rings is 1. The van der Waals surface area contributed by atoms with Gasteiger partial charge in [0, 0.05) is 25.4 Å². The van der Waals surface area contributed by atoms with Crippen molar-refractivity contribution in [2.45, 2.75) is 38.0 Å². The summed E-state index contributed by atoms with van der Waals surface area (Å²) in [6.45, 7) is 0.466. The molecule has 0 aromatic carbocycles. The van der Waals surface area contributed by atoms with Crippen molar-refractivity contribution in [1.29, 1.82) is 0 Å². The molecule has 2 atom stereocenters. The standard InChI is InChI=1S/C15H19F3N4O2/c1-2-12(10-3-5-19-6-4-10)21-14(24)20-11-7-13(23)22(8-11)9-15(16,17)18/h3-6,11-12H,2,7-9H2,1H3,(H2,20,21,24)/t11-,12-/m1/s1. The number of nitrogens with zero attached hydrogens (tertiary/aromatic N) is 2. The molecule has 2 heterocycles. The molecule has 2 N–H and O–H groups in total. The largest absolute Gasteiger partial charge is 0.406 e. The summed E-state index contributed by atoms with van der Waals surface area (Å²) in [5.41, 5.74) is 0.879. The molecule has 1 saturated heterocycles. The van der Waals surface area contributed by atoms with Crippen LogP contribution in [-0.4, -0.2) is 47.1 Å². The quantitative estimate of drug-likeness (QED) is 0.858. The smallest absolute Gasteiger partial charge is 0.333 e. The van der Waals surface area contributed by atoms with E-state index in [1.54, 1.807) is 24.5 Å². The number of hydrogen-bond donors (Lipinski definition) is 2. The number of aromatic nitrogens is 1. The van der Waals surface area contributed by atoms with Gasteiger partial charge in [-0.15, -0.1) is 0 Å². The monoisotopic (exact) mass is 344 g/mol. The van der Waals surface area contributed by atoms with E-state index in [4.69, 9.17) is 0 Å². The number of alkyl halides is 3. The van der Waals surface area contributed by atoms with Crippen LogP contribution in [0.2, 0.25) is 0 Å². The lowest BCUT2D eigenvalue weighted by Gasteiger charge is -2.21. The summed E-state index contributed by atoms with van der Waals surface area (Å²) in [5, 5.41) is 5.32. The maximum Gasteiger partial charge on any atom is 0.406 e. The summed E-state index contributed by atoms with van der Waals surface area (Å²) in [6.07, 6.45) is -0.706. The highest BCUT2D eigenvalue weighted by Crippen LogP contribution is 2.21. The van der Waals surface area contributed by atoms with Gasteiger partial charge in [0.05, 0.1) is 12.1 Å². The van der Waals surface area contributed by atoms with Crippen molar-refractivity contribution in [2.24, 2.45) is 0 Å². The Morgan fingerprint density at radius 1 is 1.42 bits per heavy atom. The van der Waals surface area contributed by atoms with Crippen LogP contribution in [-0.2, 0) is 4.79 Å². The summed E-state index contributed by atoms with van der Waals surface area (Å²) >= 11 is 0. The van der Waals surface area contributed by atoms with Crippen LogP contribution in [0, 0.1) is 0 Å². The fourth-order valence-electron chi connectivity index (χ4n) is 2.64. The van der Waals surface area contributed by atoms with E-state index >= 15 is 0 Å². The fraction of sp³-hybridized carbons (Fsp3) is 0.533. The number of carbonyl (C=O) groups is 2. The van der Waals surface area contributed by atoms with Gasteiger partial charge in [-0.05, 0) is 24.1 Å². The third kappa shape index (κ3) is 5.10. The maximum absolute atomic E-state index is 12.4. The summed E-state index contributed by atoms with van der Waals surface area (Å²) in [5.74, 6) is -0.612. The molecular formula is C15H19F3N4O2. The number of likely N-dealkylation sites (tertiary alicyclic amines) is 1. The molecule has 0 spiro atoms. The third-order valence-electron chi connectivity index (χ3n) is 3.74. The fourth-order valence-corrected chi connectivity index (χ4v) is 2.64. The molecule has 2 rings (SSSR count). The molecule has 1 fully saturated rings. The average Bonchev–Trinajstić information content (AvgIpc) is 2.83. The molecule has 0 aliphatic carbocycles. The van der Waals surface area contributed by atoms with E-state index in [2.05, 4.69) is 15.6 Å². The van der Waals surface area contributed by atoms with Crippen LogP contribution >= 0.6 is 0 Å². The van der Waals surface area contributed by atoms with E-state index in [1.807, 2.05) is 6.92 Å². The van der Waals surface area contributed by atoms with Crippen LogP contribution < -0.4 is 10.6 Å². The molecule has 3 amide bonds. The van der Waals surface area contributed by atoms with Gasteiger partial charge in [-0.3, -0.25) is 9.78 Å². The Labute approximate surface area is 137 Å². The topological polar surface area (TPSA) is 74.3 Å². The molecule has 0 saturated carbocycles. The zero-order valence-electron chi connectivity index (χ0n) is 13.1. The molecule has 1 aliphatic rings. The van der Waals surface area contributed by atoms with E-state index in [-0.39, 0.29) is 19.0 Å². The zero-order chi connectivity index (χ0) is 17.7. The van der Waals surface area contributed by atoms with Crippen molar-refractivity contribution in [2.75, 3.05) is 13.1 Å². The molecule has 0 unspecified atom stereocenters. The Morgan fingerprint density at radius 3 is 2.67 bits per heavy atom. The van der Waals surface area contributed by atoms with Crippen LogP contribution in [0.1, 0.15) is 31.4 Å². The molecule has 0 bridgehead atoms. The number of rotatable bonds is 5. The average molecular weight is 344 g/mol. The Bertz CT molecular complexity index is 580. The van der Waals surface area contributed by atoms with E-state index in [0.717, 1.165) is 5.56 Å². The summed E-state index contributed by atoms with van der Waals surface area (Å²) in [6, 6.07) is 2.17. The lowest BCUT2D eigenvalue weighted by atomic mass is 10.1. The van der Waals surface area contributed by atoms with Gasteiger partial charge < -0.3 is 15.5 Å². The maximum atomic E-state index is 12.4. The predicted molar refractivity (Wildman–Crippen MR) is 80.0 cm³/mol. The molecule has 1 aromatic heterocycles. The second-order valence-electron chi connectivity index (χ2n) is 5.65. The molecule has 132 valence electrons. The van der Waals surface area contributed by atoms with Crippen molar-refractivity contribution in [3.05, 3.63) is 30.1 Å². The highest BCUT2D eigenvalue weighted by Gasteiger charge is 2.38. The highest BCUT2D eigenvalue weighted by atomic mass is 19.4. The minimum atomic E-state index is -4.44. The van der Waals surface area contributed by atoms with Crippen molar-refractivity contribution in [3.63, 3.8) is 0 Å². The predicted octanol–water partition coefficient (Wildman–Crippen LogP) is 2.00. The molecule has 9 heteroatoms. The molecule has 0 radical (unpaired) electrons. The molecular weight excluding hydrogens is 325 g/mol. The Morgan fingerprint density at radius 2 is 2.08 bits per heavy atom. The summed E-state index contributed by atoms with van der Waals surface area (Å²) in [4.78, 5) is 28.3. The molecule has 1 aromatic rings.